The monoisotopic (exact) mass is 244 g/mol. The van der Waals surface area contributed by atoms with Crippen molar-refractivity contribution in [3.8, 4) is 0 Å². The Bertz CT molecular complexity index is 295. The van der Waals surface area contributed by atoms with E-state index in [1.165, 1.54) is 4.90 Å². The fraction of sp³-hybridized carbons (Fsp3) is 0.818. The molecule has 0 bridgehead atoms. The van der Waals surface area contributed by atoms with Gasteiger partial charge >= 0.3 is 5.97 Å². The normalized spacial score (nSPS) is 25.9. The van der Waals surface area contributed by atoms with Crippen molar-refractivity contribution in [3.63, 3.8) is 0 Å². The number of amides is 1. The zero-order valence-electron chi connectivity index (χ0n) is 10.2. The molecule has 0 aromatic rings. The van der Waals surface area contributed by atoms with Gasteiger partial charge in [-0.05, 0) is 6.54 Å². The number of likely N-dealkylation sites (tertiary alicyclic amines) is 1. The van der Waals surface area contributed by atoms with Crippen LogP contribution in [0.5, 0.6) is 0 Å². The van der Waals surface area contributed by atoms with E-state index in [1.54, 1.807) is 6.92 Å². The fourth-order valence-corrected chi connectivity index (χ4v) is 2.02. The first-order chi connectivity index (χ1) is 7.97. The minimum absolute atomic E-state index is 0.117. The Labute approximate surface area is 101 Å². The van der Waals surface area contributed by atoms with Crippen LogP contribution in [0.4, 0.5) is 0 Å². The van der Waals surface area contributed by atoms with Crippen LogP contribution in [-0.4, -0.2) is 58.8 Å². The van der Waals surface area contributed by atoms with Gasteiger partial charge in [-0.15, -0.1) is 0 Å². The summed E-state index contributed by atoms with van der Waals surface area (Å²) >= 11 is 0. The van der Waals surface area contributed by atoms with Gasteiger partial charge in [0.25, 0.3) is 0 Å². The van der Waals surface area contributed by atoms with Crippen molar-refractivity contribution >= 4 is 11.9 Å². The van der Waals surface area contributed by atoms with Crippen LogP contribution in [0.25, 0.3) is 0 Å². The van der Waals surface area contributed by atoms with Gasteiger partial charge < -0.3 is 20.4 Å². The van der Waals surface area contributed by atoms with E-state index in [4.69, 9.17) is 5.11 Å². The maximum absolute atomic E-state index is 12.0. The molecule has 98 valence electrons. The van der Waals surface area contributed by atoms with Gasteiger partial charge in [0.15, 0.2) is 0 Å². The zero-order chi connectivity index (χ0) is 13.0. The molecule has 0 aromatic carbocycles. The van der Waals surface area contributed by atoms with Crippen LogP contribution < -0.4 is 5.32 Å². The molecule has 1 saturated heterocycles. The van der Waals surface area contributed by atoms with Crippen LogP contribution in [-0.2, 0) is 9.59 Å². The van der Waals surface area contributed by atoms with Crippen LogP contribution in [0.2, 0.25) is 0 Å². The molecule has 6 nitrogen and oxygen atoms in total. The number of aliphatic carboxylic acids is 1. The van der Waals surface area contributed by atoms with Crippen molar-refractivity contribution in [2.24, 2.45) is 5.92 Å². The first-order valence-electron chi connectivity index (χ1n) is 5.89. The average molecular weight is 244 g/mol. The Balaban J connectivity index is 2.63. The highest BCUT2D eigenvalue weighted by Crippen LogP contribution is 2.20. The van der Waals surface area contributed by atoms with Crippen LogP contribution in [0, 0.1) is 5.92 Å². The second kappa shape index (κ2) is 5.97. The van der Waals surface area contributed by atoms with Crippen LogP contribution >= 0.6 is 0 Å². The molecule has 3 atom stereocenters. The number of aliphatic hydroxyl groups excluding tert-OH is 1. The van der Waals surface area contributed by atoms with Crippen LogP contribution in [0.15, 0.2) is 0 Å². The van der Waals surface area contributed by atoms with Gasteiger partial charge in [-0.25, -0.2) is 4.79 Å². The molecule has 1 aliphatic heterocycles. The number of carboxylic acids is 1. The summed E-state index contributed by atoms with van der Waals surface area (Å²) in [6.45, 7) is 5.11. The standard InChI is InChI=1S/C11H20N2O4/c1-3-12-5-7(2)10(15)13-6-8(14)4-9(13)11(16)17/h7-9,12,14H,3-6H2,1-2H3,(H,16,17)/t7?,8-,9-/m0/s1. The molecule has 1 rings (SSSR count). The molecule has 0 aromatic heterocycles. The molecule has 1 heterocycles. The van der Waals surface area contributed by atoms with Gasteiger partial charge in [0.05, 0.1) is 6.10 Å². The molecule has 1 amide bonds. The topological polar surface area (TPSA) is 89.9 Å². The van der Waals surface area contributed by atoms with Gasteiger partial charge in [-0.1, -0.05) is 13.8 Å². The third kappa shape index (κ3) is 3.41. The summed E-state index contributed by atoms with van der Waals surface area (Å²) in [5.74, 6) is -1.54. The van der Waals surface area contributed by atoms with E-state index >= 15 is 0 Å². The largest absolute Gasteiger partial charge is 0.480 e. The first kappa shape index (κ1) is 13.9. The Morgan fingerprint density at radius 1 is 1.53 bits per heavy atom. The zero-order valence-corrected chi connectivity index (χ0v) is 10.2. The molecular weight excluding hydrogens is 224 g/mol. The van der Waals surface area contributed by atoms with E-state index in [0.717, 1.165) is 6.54 Å². The summed E-state index contributed by atoms with van der Waals surface area (Å²) in [5, 5.41) is 21.5. The van der Waals surface area contributed by atoms with E-state index in [1.807, 2.05) is 6.92 Å². The Hall–Kier alpha value is -1.14. The van der Waals surface area contributed by atoms with Crippen molar-refractivity contribution in [1.29, 1.82) is 0 Å². The molecule has 3 N–H and O–H groups in total. The average Bonchev–Trinajstić information content (AvgIpc) is 2.67. The lowest BCUT2D eigenvalue weighted by atomic mass is 10.1. The molecular formula is C11H20N2O4. The van der Waals surface area contributed by atoms with Gasteiger partial charge in [0.1, 0.15) is 6.04 Å². The van der Waals surface area contributed by atoms with E-state index in [2.05, 4.69) is 5.32 Å². The second-order valence-electron chi connectivity index (χ2n) is 4.44. The minimum atomic E-state index is -1.05. The molecule has 0 aliphatic carbocycles. The molecule has 0 radical (unpaired) electrons. The van der Waals surface area contributed by atoms with Crippen molar-refractivity contribution in [2.75, 3.05) is 19.6 Å². The number of aliphatic hydroxyl groups is 1. The number of hydrogen-bond donors (Lipinski definition) is 3. The Kier molecular flexibility index (Phi) is 4.89. The molecule has 1 unspecified atom stereocenters. The van der Waals surface area contributed by atoms with E-state index in [-0.39, 0.29) is 24.8 Å². The number of carbonyl (C=O) groups excluding carboxylic acids is 1. The van der Waals surface area contributed by atoms with Crippen molar-refractivity contribution in [1.82, 2.24) is 10.2 Å². The van der Waals surface area contributed by atoms with Crippen LogP contribution in [0.3, 0.4) is 0 Å². The Morgan fingerprint density at radius 2 is 2.18 bits per heavy atom. The molecule has 1 fully saturated rings. The van der Waals surface area contributed by atoms with Crippen LogP contribution in [0.1, 0.15) is 20.3 Å². The predicted octanol–water partition coefficient (Wildman–Crippen LogP) is -0.722. The lowest BCUT2D eigenvalue weighted by Gasteiger charge is -2.24. The summed E-state index contributed by atoms with van der Waals surface area (Å²) in [6, 6.07) is -0.887. The third-order valence-corrected chi connectivity index (χ3v) is 2.97. The quantitative estimate of drug-likeness (QED) is 0.594. The first-order valence-corrected chi connectivity index (χ1v) is 5.89. The lowest BCUT2D eigenvalue weighted by Crippen LogP contribution is -2.45. The summed E-state index contributed by atoms with van der Waals surface area (Å²) < 4.78 is 0. The van der Waals surface area contributed by atoms with E-state index in [0.29, 0.717) is 6.54 Å². The highest BCUT2D eigenvalue weighted by atomic mass is 16.4. The summed E-state index contributed by atoms with van der Waals surface area (Å²) in [5.41, 5.74) is 0. The third-order valence-electron chi connectivity index (χ3n) is 2.97. The molecule has 1 aliphatic rings. The van der Waals surface area contributed by atoms with Crippen molar-refractivity contribution in [2.45, 2.75) is 32.4 Å². The minimum Gasteiger partial charge on any atom is -0.480 e. The fourth-order valence-electron chi connectivity index (χ4n) is 2.02. The highest BCUT2D eigenvalue weighted by molar-refractivity contribution is 5.85. The maximum atomic E-state index is 12.0. The number of nitrogens with zero attached hydrogens (tertiary/aromatic N) is 1. The predicted molar refractivity (Wildman–Crippen MR) is 61.5 cm³/mol. The number of nitrogens with one attached hydrogen (secondary N) is 1. The number of carboxylic acid groups (broad SMARTS) is 1. The number of carbonyl (C=O) groups is 2. The van der Waals surface area contributed by atoms with Crippen molar-refractivity contribution in [3.05, 3.63) is 0 Å². The summed E-state index contributed by atoms with van der Waals surface area (Å²) in [4.78, 5) is 24.3. The van der Waals surface area contributed by atoms with Gasteiger partial charge in [-0.2, -0.15) is 0 Å². The lowest BCUT2D eigenvalue weighted by molar-refractivity contribution is -0.149. The summed E-state index contributed by atoms with van der Waals surface area (Å²) in [6.07, 6.45) is -0.610. The highest BCUT2D eigenvalue weighted by Gasteiger charge is 2.39. The maximum Gasteiger partial charge on any atom is 0.326 e. The van der Waals surface area contributed by atoms with Crippen molar-refractivity contribution < 1.29 is 19.8 Å². The summed E-state index contributed by atoms with van der Waals surface area (Å²) in [7, 11) is 0. The molecule has 0 saturated carbocycles. The molecule has 6 heteroatoms. The number of rotatable bonds is 5. The van der Waals surface area contributed by atoms with E-state index in [9.17, 15) is 14.7 Å². The second-order valence-corrected chi connectivity index (χ2v) is 4.44. The van der Waals surface area contributed by atoms with Gasteiger partial charge in [0, 0.05) is 25.4 Å². The smallest absolute Gasteiger partial charge is 0.326 e. The number of β-amino-alcohol motifs (C(OH)–C–C–N with tert-alkyl or cyclic N) is 1. The van der Waals surface area contributed by atoms with Gasteiger partial charge in [-0.3, -0.25) is 4.79 Å². The molecule has 0 spiro atoms. The number of hydrogen-bond acceptors (Lipinski definition) is 4. The SMILES string of the molecule is CCNCC(C)C(=O)N1C[C@@H](O)C[C@H]1C(=O)O. The Morgan fingerprint density at radius 3 is 2.71 bits per heavy atom. The van der Waals surface area contributed by atoms with Gasteiger partial charge in [0.2, 0.25) is 5.91 Å². The molecule has 17 heavy (non-hydrogen) atoms. The van der Waals surface area contributed by atoms with E-state index < -0.39 is 18.1 Å².